The molecule has 0 aliphatic heterocycles. The van der Waals surface area contributed by atoms with Gasteiger partial charge in [-0.05, 0) is 38.5 Å². The molecular weight excluding hydrogens is 268 g/mol. The van der Waals surface area contributed by atoms with Crippen LogP contribution < -0.4 is 16.6 Å². The lowest BCUT2D eigenvalue weighted by Gasteiger charge is -2.26. The van der Waals surface area contributed by atoms with Gasteiger partial charge in [-0.1, -0.05) is 0 Å². The first-order valence-corrected chi connectivity index (χ1v) is 7.93. The molecule has 21 heavy (non-hydrogen) atoms. The number of nitrogens with two attached hydrogens (primary N) is 1. The number of aromatic nitrogens is 2. The first-order chi connectivity index (χ1) is 10.2. The topological polar surface area (TPSA) is 93.0 Å². The number of H-pyrrole nitrogens is 1. The fourth-order valence-electron chi connectivity index (χ4n) is 2.78. The fraction of sp³-hybridized carbons (Fsp3) is 0.733. The Hall–Kier alpha value is -1.40. The number of nitrogens with zero attached hydrogens (tertiary/aromatic N) is 1. The highest BCUT2D eigenvalue weighted by molar-refractivity contribution is 5.33. The highest BCUT2D eigenvalue weighted by Crippen LogP contribution is 2.37. The lowest BCUT2D eigenvalue weighted by atomic mass is 9.94. The van der Waals surface area contributed by atoms with Crippen LogP contribution in [0.15, 0.2) is 10.9 Å². The third-order valence-corrected chi connectivity index (χ3v) is 4.20. The first-order valence-electron chi connectivity index (χ1n) is 7.93. The third kappa shape index (κ3) is 4.28. The van der Waals surface area contributed by atoms with Crippen molar-refractivity contribution in [2.24, 2.45) is 5.73 Å². The van der Waals surface area contributed by atoms with E-state index >= 15 is 0 Å². The molecule has 4 N–H and O–H groups in total. The van der Waals surface area contributed by atoms with Crippen molar-refractivity contribution in [3.05, 3.63) is 22.2 Å². The highest BCUT2D eigenvalue weighted by Gasteiger charge is 2.26. The number of rotatable bonds is 6. The fourth-order valence-corrected chi connectivity index (χ4v) is 2.78. The molecule has 6 nitrogen and oxygen atoms in total. The zero-order valence-corrected chi connectivity index (χ0v) is 12.3. The zero-order valence-electron chi connectivity index (χ0n) is 12.3. The van der Waals surface area contributed by atoms with Crippen molar-refractivity contribution < 1.29 is 4.74 Å². The summed E-state index contributed by atoms with van der Waals surface area (Å²) in [6.07, 6.45) is 6.79. The van der Waals surface area contributed by atoms with Gasteiger partial charge in [0.05, 0.1) is 12.7 Å². The molecule has 0 unspecified atom stereocenters. The summed E-state index contributed by atoms with van der Waals surface area (Å²) >= 11 is 0. The molecule has 2 aliphatic carbocycles. The maximum Gasteiger partial charge on any atom is 0.252 e. The average Bonchev–Trinajstić information content (AvgIpc) is 3.29. The van der Waals surface area contributed by atoms with Gasteiger partial charge in [-0.25, -0.2) is 4.98 Å². The van der Waals surface area contributed by atoms with Crippen molar-refractivity contribution in [2.45, 2.75) is 56.6 Å². The van der Waals surface area contributed by atoms with Gasteiger partial charge in [0, 0.05) is 24.6 Å². The van der Waals surface area contributed by atoms with Gasteiger partial charge in [0.25, 0.3) is 5.56 Å². The molecule has 1 aromatic rings. The Morgan fingerprint density at radius 2 is 2.05 bits per heavy atom. The largest absolute Gasteiger partial charge is 0.376 e. The van der Waals surface area contributed by atoms with Crippen LogP contribution >= 0.6 is 0 Å². The predicted octanol–water partition coefficient (Wildman–Crippen LogP) is 1.35. The summed E-state index contributed by atoms with van der Waals surface area (Å²) < 4.78 is 5.84. The van der Waals surface area contributed by atoms with Gasteiger partial charge in [0.2, 0.25) is 0 Å². The second kappa shape index (κ2) is 6.58. The summed E-state index contributed by atoms with van der Waals surface area (Å²) in [6, 6.07) is 1.86. The maximum absolute atomic E-state index is 11.6. The van der Waals surface area contributed by atoms with E-state index < -0.39 is 0 Å². The molecule has 0 spiro atoms. The van der Waals surface area contributed by atoms with E-state index in [1.165, 1.54) is 6.07 Å². The normalized spacial score (nSPS) is 25.8. The Balaban J connectivity index is 1.42. The van der Waals surface area contributed by atoms with Gasteiger partial charge < -0.3 is 20.8 Å². The van der Waals surface area contributed by atoms with Crippen LogP contribution in [0.3, 0.4) is 0 Å². The second-order valence-corrected chi connectivity index (χ2v) is 6.12. The molecule has 116 valence electrons. The van der Waals surface area contributed by atoms with E-state index in [2.05, 4.69) is 15.3 Å². The Morgan fingerprint density at radius 3 is 2.76 bits per heavy atom. The summed E-state index contributed by atoms with van der Waals surface area (Å²) in [5.41, 5.74) is 5.79. The molecular formula is C15H24N4O2. The van der Waals surface area contributed by atoms with E-state index in [0.717, 1.165) is 44.3 Å². The van der Waals surface area contributed by atoms with Crippen LogP contribution in [0, 0.1) is 0 Å². The van der Waals surface area contributed by atoms with E-state index in [4.69, 9.17) is 10.5 Å². The molecule has 1 heterocycles. The standard InChI is InChI=1S/C15H24N4O2/c16-11-3-5-12(6-4-11)21-8-7-17-13-9-14(20)19-15(18-13)10-1-2-10/h9-12H,1-8,16H2,(H2,17,18,19,20). The van der Waals surface area contributed by atoms with Gasteiger partial charge in [-0.15, -0.1) is 0 Å². The van der Waals surface area contributed by atoms with Crippen molar-refractivity contribution in [1.29, 1.82) is 0 Å². The molecule has 0 radical (unpaired) electrons. The minimum Gasteiger partial charge on any atom is -0.376 e. The lowest BCUT2D eigenvalue weighted by Crippen LogP contribution is -2.31. The smallest absolute Gasteiger partial charge is 0.252 e. The minimum absolute atomic E-state index is 0.0865. The number of nitrogens with one attached hydrogen (secondary N) is 2. The van der Waals surface area contributed by atoms with Gasteiger partial charge in [-0.3, -0.25) is 4.79 Å². The number of aromatic amines is 1. The molecule has 2 aliphatic rings. The van der Waals surface area contributed by atoms with E-state index in [1.807, 2.05) is 0 Å². The number of hydrogen-bond donors (Lipinski definition) is 3. The number of hydrogen-bond acceptors (Lipinski definition) is 5. The zero-order chi connectivity index (χ0) is 14.7. The SMILES string of the molecule is NC1CCC(OCCNc2cc(=O)[nH]c(C3CC3)n2)CC1. The number of ether oxygens (including phenoxy) is 1. The van der Waals surface area contributed by atoms with Crippen molar-refractivity contribution in [1.82, 2.24) is 9.97 Å². The van der Waals surface area contributed by atoms with Crippen molar-refractivity contribution in [2.75, 3.05) is 18.5 Å². The Morgan fingerprint density at radius 1 is 1.29 bits per heavy atom. The lowest BCUT2D eigenvalue weighted by molar-refractivity contribution is 0.0313. The van der Waals surface area contributed by atoms with Crippen LogP contribution in [-0.2, 0) is 4.74 Å². The molecule has 2 saturated carbocycles. The first kappa shape index (κ1) is 14.5. The van der Waals surface area contributed by atoms with Crippen molar-refractivity contribution in [3.8, 4) is 0 Å². The van der Waals surface area contributed by atoms with Crippen molar-refractivity contribution >= 4 is 5.82 Å². The third-order valence-electron chi connectivity index (χ3n) is 4.20. The van der Waals surface area contributed by atoms with Gasteiger partial charge in [-0.2, -0.15) is 0 Å². The Kier molecular flexibility index (Phi) is 4.55. The second-order valence-electron chi connectivity index (χ2n) is 6.12. The number of anilines is 1. The summed E-state index contributed by atoms with van der Waals surface area (Å²) in [5, 5.41) is 3.18. The Bertz CT molecular complexity index is 519. The van der Waals surface area contributed by atoms with E-state index in [0.29, 0.717) is 37.0 Å². The summed E-state index contributed by atoms with van der Waals surface area (Å²) in [6.45, 7) is 1.30. The predicted molar refractivity (Wildman–Crippen MR) is 81.5 cm³/mol. The van der Waals surface area contributed by atoms with Gasteiger partial charge in [0.1, 0.15) is 11.6 Å². The summed E-state index contributed by atoms with van der Waals surface area (Å²) in [4.78, 5) is 18.8. The quantitative estimate of drug-likeness (QED) is 0.688. The van der Waals surface area contributed by atoms with Crippen LogP contribution in [-0.4, -0.2) is 35.3 Å². The van der Waals surface area contributed by atoms with Crippen molar-refractivity contribution in [3.63, 3.8) is 0 Å². The van der Waals surface area contributed by atoms with Crippen LogP contribution in [0.1, 0.15) is 50.3 Å². The van der Waals surface area contributed by atoms with E-state index in [-0.39, 0.29) is 5.56 Å². The summed E-state index contributed by atoms with van der Waals surface area (Å²) in [5.74, 6) is 1.91. The average molecular weight is 292 g/mol. The molecule has 0 aromatic carbocycles. The van der Waals surface area contributed by atoms with Crippen LogP contribution in [0.4, 0.5) is 5.82 Å². The van der Waals surface area contributed by atoms with E-state index in [9.17, 15) is 4.79 Å². The van der Waals surface area contributed by atoms with Crippen LogP contribution in [0.2, 0.25) is 0 Å². The minimum atomic E-state index is -0.0865. The monoisotopic (exact) mass is 292 g/mol. The van der Waals surface area contributed by atoms with E-state index in [1.54, 1.807) is 0 Å². The molecule has 6 heteroatoms. The molecule has 0 atom stereocenters. The summed E-state index contributed by atoms with van der Waals surface area (Å²) in [7, 11) is 0. The molecule has 3 rings (SSSR count). The molecule has 1 aromatic heterocycles. The highest BCUT2D eigenvalue weighted by atomic mass is 16.5. The molecule has 2 fully saturated rings. The van der Waals surface area contributed by atoms with Gasteiger partial charge >= 0.3 is 0 Å². The molecule has 0 bridgehead atoms. The van der Waals surface area contributed by atoms with Crippen LogP contribution in [0.5, 0.6) is 0 Å². The van der Waals surface area contributed by atoms with Crippen LogP contribution in [0.25, 0.3) is 0 Å². The van der Waals surface area contributed by atoms with Gasteiger partial charge in [0.15, 0.2) is 0 Å². The molecule has 0 saturated heterocycles. The Labute approximate surface area is 124 Å². The maximum atomic E-state index is 11.6. The molecule has 0 amide bonds.